The van der Waals surface area contributed by atoms with Gasteiger partial charge >= 0.3 is 0 Å². The average molecular weight is 472 g/mol. The fourth-order valence-electron chi connectivity index (χ4n) is 4.10. The third kappa shape index (κ3) is 4.75. The maximum absolute atomic E-state index is 13.0. The van der Waals surface area contributed by atoms with Gasteiger partial charge in [-0.05, 0) is 29.8 Å². The maximum Gasteiger partial charge on any atom is 0.295 e. The Hall–Kier alpha value is -3.27. The summed E-state index contributed by atoms with van der Waals surface area (Å²) in [6, 6.07) is 11.0. The molecule has 0 aliphatic carbocycles. The number of carbonyl (C=O) groups excluding carboxylic acids is 2. The third-order valence-electron chi connectivity index (χ3n) is 5.82. The van der Waals surface area contributed by atoms with Crippen LogP contribution >= 0.6 is 11.6 Å². The van der Waals surface area contributed by atoms with Gasteiger partial charge in [0.15, 0.2) is 0 Å². The lowest BCUT2D eigenvalue weighted by atomic mass is 9.95. The number of aliphatic hydroxyl groups is 1. The summed E-state index contributed by atoms with van der Waals surface area (Å²) >= 11 is 5.93. The molecule has 2 fully saturated rings. The first-order valence-corrected chi connectivity index (χ1v) is 10.8. The molecule has 2 aliphatic rings. The molecule has 10 heteroatoms. The van der Waals surface area contributed by atoms with E-state index in [1.807, 2.05) is 0 Å². The molecule has 0 saturated carbocycles. The molecular formula is C23H22ClN3O6. The number of benzene rings is 2. The van der Waals surface area contributed by atoms with Crippen molar-refractivity contribution in [1.29, 1.82) is 0 Å². The van der Waals surface area contributed by atoms with E-state index in [0.29, 0.717) is 49.0 Å². The molecule has 2 heterocycles. The number of ether oxygens (including phenoxy) is 1. The second kappa shape index (κ2) is 9.70. The van der Waals surface area contributed by atoms with Gasteiger partial charge in [0, 0.05) is 48.9 Å². The van der Waals surface area contributed by atoms with Crippen LogP contribution in [0, 0.1) is 10.1 Å². The van der Waals surface area contributed by atoms with Crippen molar-refractivity contribution in [1.82, 2.24) is 9.80 Å². The lowest BCUT2D eigenvalue weighted by Crippen LogP contribution is -2.42. The van der Waals surface area contributed by atoms with Crippen molar-refractivity contribution in [2.24, 2.45) is 0 Å². The van der Waals surface area contributed by atoms with Gasteiger partial charge in [-0.2, -0.15) is 0 Å². The summed E-state index contributed by atoms with van der Waals surface area (Å²) in [5.74, 6) is -1.94. The number of non-ortho nitro benzene ring substituents is 1. The molecule has 9 nitrogen and oxygen atoms in total. The van der Waals surface area contributed by atoms with E-state index in [1.165, 1.54) is 23.1 Å². The van der Waals surface area contributed by atoms with Gasteiger partial charge < -0.3 is 14.7 Å². The van der Waals surface area contributed by atoms with Crippen LogP contribution in [0.2, 0.25) is 5.02 Å². The van der Waals surface area contributed by atoms with Crippen LogP contribution in [0.4, 0.5) is 5.69 Å². The maximum atomic E-state index is 13.0. The van der Waals surface area contributed by atoms with E-state index in [0.717, 1.165) is 0 Å². The van der Waals surface area contributed by atoms with Crippen LogP contribution < -0.4 is 0 Å². The Balaban J connectivity index is 1.77. The number of likely N-dealkylation sites (tertiary alicyclic amines) is 1. The summed E-state index contributed by atoms with van der Waals surface area (Å²) in [5.41, 5.74) is 0.421. The van der Waals surface area contributed by atoms with Crippen molar-refractivity contribution in [3.63, 3.8) is 0 Å². The summed E-state index contributed by atoms with van der Waals surface area (Å²) in [4.78, 5) is 40.4. The molecule has 172 valence electrons. The van der Waals surface area contributed by atoms with Crippen molar-refractivity contribution in [3.8, 4) is 0 Å². The minimum absolute atomic E-state index is 0.107. The van der Waals surface area contributed by atoms with E-state index in [9.17, 15) is 24.8 Å². The van der Waals surface area contributed by atoms with Gasteiger partial charge in [0.1, 0.15) is 5.76 Å². The molecule has 0 radical (unpaired) electrons. The smallest absolute Gasteiger partial charge is 0.295 e. The molecular weight excluding hydrogens is 450 g/mol. The summed E-state index contributed by atoms with van der Waals surface area (Å²) in [7, 11) is 0. The predicted octanol–water partition coefficient (Wildman–Crippen LogP) is 3.00. The topological polar surface area (TPSA) is 113 Å². The van der Waals surface area contributed by atoms with Crippen LogP contribution in [0.1, 0.15) is 17.2 Å². The molecule has 0 spiro atoms. The lowest BCUT2D eigenvalue weighted by Gasteiger charge is -2.31. The summed E-state index contributed by atoms with van der Waals surface area (Å²) < 4.78 is 5.35. The number of morpholine rings is 1. The first-order chi connectivity index (χ1) is 15.9. The summed E-state index contributed by atoms with van der Waals surface area (Å²) in [6.07, 6.45) is 0. The normalized spacial score (nSPS) is 20.9. The van der Waals surface area contributed by atoms with Gasteiger partial charge in [-0.15, -0.1) is 0 Å². The Bertz CT molecular complexity index is 1110. The molecule has 1 N–H and O–H groups in total. The second-order valence-corrected chi connectivity index (χ2v) is 8.24. The van der Waals surface area contributed by atoms with Gasteiger partial charge in [0.05, 0.1) is 29.8 Å². The van der Waals surface area contributed by atoms with E-state index in [-0.39, 0.29) is 23.6 Å². The van der Waals surface area contributed by atoms with Crippen molar-refractivity contribution < 1.29 is 24.4 Å². The minimum Gasteiger partial charge on any atom is -0.507 e. The highest BCUT2D eigenvalue weighted by Gasteiger charge is 2.46. The highest BCUT2D eigenvalue weighted by molar-refractivity contribution is 6.46. The Labute approximate surface area is 195 Å². The monoisotopic (exact) mass is 471 g/mol. The predicted molar refractivity (Wildman–Crippen MR) is 121 cm³/mol. The van der Waals surface area contributed by atoms with E-state index < -0.39 is 22.7 Å². The summed E-state index contributed by atoms with van der Waals surface area (Å²) in [5, 5.41) is 22.8. The number of Topliss-reactive ketones (excluding diaryl/α,β-unsaturated/α-hetero) is 1. The molecule has 2 aromatic carbocycles. The molecule has 2 aromatic rings. The molecule has 4 rings (SSSR count). The van der Waals surface area contributed by atoms with E-state index in [4.69, 9.17) is 16.3 Å². The van der Waals surface area contributed by atoms with Gasteiger partial charge in [0.25, 0.3) is 17.4 Å². The molecule has 1 amide bonds. The number of nitrogens with zero attached hydrogens (tertiary/aromatic N) is 3. The number of hydrogen-bond acceptors (Lipinski definition) is 7. The molecule has 2 aliphatic heterocycles. The Kier molecular flexibility index (Phi) is 6.73. The van der Waals surface area contributed by atoms with Crippen LogP contribution in [0.15, 0.2) is 54.1 Å². The molecule has 33 heavy (non-hydrogen) atoms. The number of nitro benzene ring substituents is 1. The fourth-order valence-corrected chi connectivity index (χ4v) is 4.23. The van der Waals surface area contributed by atoms with Crippen LogP contribution in [0.5, 0.6) is 0 Å². The van der Waals surface area contributed by atoms with Crippen molar-refractivity contribution in [2.45, 2.75) is 6.04 Å². The third-order valence-corrected chi connectivity index (χ3v) is 6.07. The number of halogens is 1. The number of rotatable bonds is 6. The van der Waals surface area contributed by atoms with Crippen molar-refractivity contribution in [3.05, 3.63) is 80.4 Å². The minimum atomic E-state index is -0.957. The van der Waals surface area contributed by atoms with Gasteiger partial charge in [-0.3, -0.25) is 24.6 Å². The van der Waals surface area contributed by atoms with E-state index >= 15 is 0 Å². The Morgan fingerprint density at radius 1 is 1.12 bits per heavy atom. The quantitative estimate of drug-likeness (QED) is 0.226. The van der Waals surface area contributed by atoms with Crippen LogP contribution in [0.25, 0.3) is 5.76 Å². The number of ketones is 1. The first kappa shape index (κ1) is 22.9. The van der Waals surface area contributed by atoms with Crippen LogP contribution in [0.3, 0.4) is 0 Å². The number of carbonyl (C=O) groups is 2. The Morgan fingerprint density at radius 2 is 1.82 bits per heavy atom. The zero-order valence-electron chi connectivity index (χ0n) is 17.6. The SMILES string of the molecule is O=C1C(=O)N(CCN2CCOCC2)C(c2cccc([N+](=O)[O-])c2)/C1=C(\O)c1ccc(Cl)cc1. The molecule has 1 unspecified atom stereocenters. The lowest BCUT2D eigenvalue weighted by molar-refractivity contribution is -0.384. The second-order valence-electron chi connectivity index (χ2n) is 7.81. The molecule has 0 aromatic heterocycles. The zero-order valence-corrected chi connectivity index (χ0v) is 18.4. The molecule has 0 bridgehead atoms. The number of hydrogen-bond donors (Lipinski definition) is 1. The van der Waals surface area contributed by atoms with E-state index in [2.05, 4.69) is 4.90 Å². The average Bonchev–Trinajstić information content (AvgIpc) is 3.08. The number of nitro groups is 1. The van der Waals surface area contributed by atoms with Crippen molar-refractivity contribution in [2.75, 3.05) is 39.4 Å². The van der Waals surface area contributed by atoms with Crippen LogP contribution in [-0.4, -0.2) is 70.9 Å². The molecule has 2 saturated heterocycles. The number of aliphatic hydroxyl groups excluding tert-OH is 1. The van der Waals surface area contributed by atoms with Crippen LogP contribution in [-0.2, 0) is 14.3 Å². The van der Waals surface area contributed by atoms with Gasteiger partial charge in [-0.25, -0.2) is 0 Å². The Morgan fingerprint density at radius 3 is 2.48 bits per heavy atom. The van der Waals surface area contributed by atoms with Crippen molar-refractivity contribution >= 4 is 34.7 Å². The zero-order chi connectivity index (χ0) is 23.5. The first-order valence-electron chi connectivity index (χ1n) is 10.5. The van der Waals surface area contributed by atoms with Gasteiger partial charge in [-0.1, -0.05) is 23.7 Å². The highest BCUT2D eigenvalue weighted by atomic mass is 35.5. The summed E-state index contributed by atoms with van der Waals surface area (Å²) in [6.45, 7) is 3.30. The largest absolute Gasteiger partial charge is 0.507 e. The molecule has 1 atom stereocenters. The van der Waals surface area contributed by atoms with E-state index in [1.54, 1.807) is 30.3 Å². The van der Waals surface area contributed by atoms with Gasteiger partial charge in [0.2, 0.25) is 0 Å². The fraction of sp³-hybridized carbons (Fsp3) is 0.304. The number of amides is 1. The standard InChI is InChI=1S/C23H22ClN3O6/c24-17-6-4-15(5-7-17)21(28)19-20(16-2-1-3-18(14-16)27(31)32)26(23(30)22(19)29)9-8-25-10-12-33-13-11-25/h1-7,14,20,28H,8-13H2/b21-19+. The highest BCUT2D eigenvalue weighted by Crippen LogP contribution is 2.40.